The summed E-state index contributed by atoms with van der Waals surface area (Å²) < 4.78 is 13.0. The van der Waals surface area contributed by atoms with Crippen LogP contribution in [0.15, 0.2) is 18.5 Å². The van der Waals surface area contributed by atoms with Crippen molar-refractivity contribution in [1.29, 1.82) is 0 Å². The van der Waals surface area contributed by atoms with Gasteiger partial charge in [0.15, 0.2) is 0 Å². The number of carbonyl (C=O) groups is 1. The van der Waals surface area contributed by atoms with Gasteiger partial charge in [-0.05, 0) is 31.0 Å². The molecule has 5 heteroatoms. The summed E-state index contributed by atoms with van der Waals surface area (Å²) in [5.41, 5.74) is 0.721. The maximum Gasteiger partial charge on any atom is 0.320 e. The molecule has 2 rings (SSSR count). The molecule has 0 amide bonds. The normalized spacial score (nSPS) is 21.4. The Balaban J connectivity index is 2.08. The summed E-state index contributed by atoms with van der Waals surface area (Å²) in [6, 6.07) is 0.951. The van der Waals surface area contributed by atoms with E-state index < -0.39 is 12.0 Å². The molecule has 92 valence electrons. The van der Waals surface area contributed by atoms with Gasteiger partial charge in [-0.3, -0.25) is 14.7 Å². The number of carboxylic acids is 1. The van der Waals surface area contributed by atoms with Crippen LogP contribution in [0.3, 0.4) is 0 Å². The summed E-state index contributed by atoms with van der Waals surface area (Å²) in [4.78, 5) is 16.7. The molecule has 0 saturated carbocycles. The Kier molecular flexibility index (Phi) is 3.68. The first-order valence-electron chi connectivity index (χ1n) is 5.73. The Hall–Kier alpha value is -1.49. The van der Waals surface area contributed by atoms with Crippen LogP contribution in [0, 0.1) is 5.82 Å². The van der Waals surface area contributed by atoms with Crippen LogP contribution in [0.4, 0.5) is 4.39 Å². The van der Waals surface area contributed by atoms with E-state index in [0.717, 1.165) is 31.1 Å². The van der Waals surface area contributed by atoms with Gasteiger partial charge in [0.2, 0.25) is 0 Å². The monoisotopic (exact) mass is 238 g/mol. The molecule has 1 N–H and O–H groups in total. The van der Waals surface area contributed by atoms with Crippen LogP contribution in [-0.2, 0) is 11.3 Å². The van der Waals surface area contributed by atoms with Crippen LogP contribution < -0.4 is 0 Å². The Morgan fingerprint density at radius 3 is 3.06 bits per heavy atom. The summed E-state index contributed by atoms with van der Waals surface area (Å²) in [6.45, 7) is 1.19. The molecule has 0 aromatic carbocycles. The molecular formula is C12H15FN2O2. The summed E-state index contributed by atoms with van der Waals surface area (Å²) in [5, 5.41) is 9.11. The van der Waals surface area contributed by atoms with Gasteiger partial charge in [-0.15, -0.1) is 0 Å². The maximum absolute atomic E-state index is 13.0. The molecule has 1 aliphatic heterocycles. The quantitative estimate of drug-likeness (QED) is 0.870. The highest BCUT2D eigenvalue weighted by atomic mass is 19.1. The van der Waals surface area contributed by atoms with E-state index in [0.29, 0.717) is 13.0 Å². The molecule has 1 aromatic rings. The highest BCUT2D eigenvalue weighted by Crippen LogP contribution is 2.19. The smallest absolute Gasteiger partial charge is 0.320 e. The molecule has 0 spiro atoms. The molecule has 1 aliphatic rings. The van der Waals surface area contributed by atoms with Gasteiger partial charge in [-0.1, -0.05) is 6.42 Å². The van der Waals surface area contributed by atoms with Crippen LogP contribution in [0.2, 0.25) is 0 Å². The van der Waals surface area contributed by atoms with E-state index in [4.69, 9.17) is 5.11 Å². The highest BCUT2D eigenvalue weighted by Gasteiger charge is 2.28. The van der Waals surface area contributed by atoms with Crippen LogP contribution in [0.25, 0.3) is 0 Å². The van der Waals surface area contributed by atoms with Crippen molar-refractivity contribution in [3.8, 4) is 0 Å². The summed E-state index contributed by atoms with van der Waals surface area (Å²) in [7, 11) is 0. The SMILES string of the molecule is O=C(O)C1CCCCN1Cc1cncc(F)c1. The third-order valence-electron chi connectivity index (χ3n) is 3.05. The fourth-order valence-electron chi connectivity index (χ4n) is 2.24. The molecular weight excluding hydrogens is 223 g/mol. The third kappa shape index (κ3) is 3.00. The van der Waals surface area contributed by atoms with E-state index in [1.807, 2.05) is 4.90 Å². The predicted molar refractivity (Wildman–Crippen MR) is 59.9 cm³/mol. The fraction of sp³-hybridized carbons (Fsp3) is 0.500. The molecule has 17 heavy (non-hydrogen) atoms. The van der Waals surface area contributed by atoms with Crippen LogP contribution in [-0.4, -0.2) is 33.5 Å². The van der Waals surface area contributed by atoms with Gasteiger partial charge in [0.05, 0.1) is 6.20 Å². The average Bonchev–Trinajstić information content (AvgIpc) is 2.29. The van der Waals surface area contributed by atoms with Crippen molar-refractivity contribution in [3.63, 3.8) is 0 Å². The Morgan fingerprint density at radius 2 is 2.35 bits per heavy atom. The lowest BCUT2D eigenvalue weighted by atomic mass is 10.0. The zero-order valence-corrected chi connectivity index (χ0v) is 9.47. The highest BCUT2D eigenvalue weighted by molar-refractivity contribution is 5.73. The van der Waals surface area contributed by atoms with Crippen molar-refractivity contribution >= 4 is 5.97 Å². The summed E-state index contributed by atoms with van der Waals surface area (Å²) >= 11 is 0. The fourth-order valence-corrected chi connectivity index (χ4v) is 2.24. The van der Waals surface area contributed by atoms with Gasteiger partial charge in [0.25, 0.3) is 0 Å². The number of hydrogen-bond donors (Lipinski definition) is 1. The topological polar surface area (TPSA) is 53.4 Å². The molecule has 0 aliphatic carbocycles. The number of aliphatic carboxylic acids is 1. The van der Waals surface area contributed by atoms with E-state index >= 15 is 0 Å². The molecule has 0 radical (unpaired) electrons. The van der Waals surface area contributed by atoms with E-state index in [2.05, 4.69) is 4.98 Å². The van der Waals surface area contributed by atoms with E-state index in [1.165, 1.54) is 6.07 Å². The number of rotatable bonds is 3. The van der Waals surface area contributed by atoms with Gasteiger partial charge in [0.1, 0.15) is 11.9 Å². The van der Waals surface area contributed by atoms with Gasteiger partial charge in [0, 0.05) is 12.7 Å². The first-order valence-corrected chi connectivity index (χ1v) is 5.73. The number of carboxylic acid groups (broad SMARTS) is 1. The van der Waals surface area contributed by atoms with Gasteiger partial charge in [-0.2, -0.15) is 0 Å². The first-order chi connectivity index (χ1) is 8.16. The van der Waals surface area contributed by atoms with Crippen LogP contribution >= 0.6 is 0 Å². The second kappa shape index (κ2) is 5.23. The Labute approximate surface area is 99.1 Å². The number of pyridine rings is 1. The van der Waals surface area contributed by atoms with Gasteiger partial charge >= 0.3 is 5.97 Å². The average molecular weight is 238 g/mol. The van der Waals surface area contributed by atoms with E-state index in [1.54, 1.807) is 6.20 Å². The van der Waals surface area contributed by atoms with Gasteiger partial charge < -0.3 is 5.11 Å². The maximum atomic E-state index is 13.0. The molecule has 1 unspecified atom stereocenters. The van der Waals surface area contributed by atoms with Crippen molar-refractivity contribution in [2.75, 3.05) is 6.54 Å². The zero-order valence-electron chi connectivity index (χ0n) is 9.47. The summed E-state index contributed by atoms with van der Waals surface area (Å²) in [6.07, 6.45) is 5.32. The molecule has 1 atom stereocenters. The number of piperidine rings is 1. The molecule has 1 aromatic heterocycles. The third-order valence-corrected chi connectivity index (χ3v) is 3.05. The minimum atomic E-state index is -0.797. The standard InChI is InChI=1S/C12H15FN2O2/c13-10-5-9(6-14-7-10)8-15-4-2-1-3-11(15)12(16)17/h5-7,11H,1-4,8H2,(H,16,17). The lowest BCUT2D eigenvalue weighted by Gasteiger charge is -2.32. The number of likely N-dealkylation sites (tertiary alicyclic amines) is 1. The lowest BCUT2D eigenvalue weighted by Crippen LogP contribution is -2.44. The van der Waals surface area contributed by atoms with Crippen molar-refractivity contribution in [2.24, 2.45) is 0 Å². The number of nitrogens with zero attached hydrogens (tertiary/aromatic N) is 2. The van der Waals surface area contributed by atoms with Crippen molar-refractivity contribution in [3.05, 3.63) is 29.8 Å². The minimum absolute atomic E-state index is 0.383. The molecule has 0 bridgehead atoms. The second-order valence-corrected chi connectivity index (χ2v) is 4.33. The molecule has 1 saturated heterocycles. The molecule has 1 fully saturated rings. The Bertz CT molecular complexity index is 411. The van der Waals surface area contributed by atoms with Crippen LogP contribution in [0.5, 0.6) is 0 Å². The predicted octanol–water partition coefficient (Wildman–Crippen LogP) is 1.66. The number of hydrogen-bond acceptors (Lipinski definition) is 3. The van der Waals surface area contributed by atoms with Crippen molar-refractivity contribution in [2.45, 2.75) is 31.8 Å². The number of aromatic nitrogens is 1. The lowest BCUT2D eigenvalue weighted by molar-refractivity contribution is -0.144. The number of halogens is 1. The summed E-state index contributed by atoms with van der Waals surface area (Å²) in [5.74, 6) is -1.18. The minimum Gasteiger partial charge on any atom is -0.480 e. The molecule has 2 heterocycles. The van der Waals surface area contributed by atoms with Crippen molar-refractivity contribution in [1.82, 2.24) is 9.88 Å². The Morgan fingerprint density at radius 1 is 1.53 bits per heavy atom. The van der Waals surface area contributed by atoms with Gasteiger partial charge in [-0.25, -0.2) is 4.39 Å². The molecule has 4 nitrogen and oxygen atoms in total. The zero-order chi connectivity index (χ0) is 12.3. The first kappa shape index (κ1) is 12.0. The largest absolute Gasteiger partial charge is 0.480 e. The van der Waals surface area contributed by atoms with E-state index in [9.17, 15) is 9.18 Å². The van der Waals surface area contributed by atoms with Crippen molar-refractivity contribution < 1.29 is 14.3 Å². The second-order valence-electron chi connectivity index (χ2n) is 4.33. The van der Waals surface area contributed by atoms with Crippen LogP contribution in [0.1, 0.15) is 24.8 Å². The van der Waals surface area contributed by atoms with E-state index in [-0.39, 0.29) is 5.82 Å².